The summed E-state index contributed by atoms with van der Waals surface area (Å²) in [5.41, 5.74) is 4.70. The highest BCUT2D eigenvalue weighted by atomic mass is 16.5. The predicted molar refractivity (Wildman–Crippen MR) is 63.5 cm³/mol. The lowest BCUT2D eigenvalue weighted by Crippen LogP contribution is -2.57. The summed E-state index contributed by atoms with van der Waals surface area (Å²) in [5.74, 6) is 0.125. The summed E-state index contributed by atoms with van der Waals surface area (Å²) in [4.78, 5) is 11.5. The van der Waals surface area contributed by atoms with Crippen LogP contribution in [0.2, 0.25) is 0 Å². The molecule has 0 bridgehead atoms. The standard InChI is InChI=1S/C12H22N2O3/c1-12(11(13)15,14-10-2-3-10)8-17-7-9-4-5-16-6-9/h9-10,14H,2-8H2,1H3,(H2,13,15). The molecule has 2 rings (SSSR count). The van der Waals surface area contributed by atoms with E-state index in [2.05, 4.69) is 5.32 Å². The molecule has 3 N–H and O–H groups in total. The summed E-state index contributed by atoms with van der Waals surface area (Å²) >= 11 is 0. The molecule has 1 amide bonds. The number of amides is 1. The van der Waals surface area contributed by atoms with Gasteiger partial charge in [-0.1, -0.05) is 0 Å². The zero-order chi connectivity index (χ0) is 12.3. The number of hydrogen-bond acceptors (Lipinski definition) is 4. The molecule has 2 atom stereocenters. The quantitative estimate of drug-likeness (QED) is 0.661. The summed E-state index contributed by atoms with van der Waals surface area (Å²) in [6, 6.07) is 0.436. The van der Waals surface area contributed by atoms with Crippen LogP contribution in [0.4, 0.5) is 0 Å². The normalized spacial score (nSPS) is 27.9. The summed E-state index contributed by atoms with van der Waals surface area (Å²) in [5, 5.41) is 3.26. The van der Waals surface area contributed by atoms with Crippen LogP contribution in [0.1, 0.15) is 26.2 Å². The maximum Gasteiger partial charge on any atom is 0.239 e. The number of nitrogens with two attached hydrogens (primary N) is 1. The topological polar surface area (TPSA) is 73.6 Å². The third kappa shape index (κ3) is 3.66. The summed E-state index contributed by atoms with van der Waals surface area (Å²) in [6.07, 6.45) is 3.29. The van der Waals surface area contributed by atoms with E-state index < -0.39 is 5.54 Å². The van der Waals surface area contributed by atoms with Crippen molar-refractivity contribution in [2.75, 3.05) is 26.4 Å². The van der Waals surface area contributed by atoms with Crippen LogP contribution in [0.25, 0.3) is 0 Å². The molecule has 2 aliphatic rings. The van der Waals surface area contributed by atoms with Gasteiger partial charge in [-0.05, 0) is 26.2 Å². The molecule has 2 fully saturated rings. The lowest BCUT2D eigenvalue weighted by Gasteiger charge is -2.27. The molecule has 17 heavy (non-hydrogen) atoms. The first-order valence-corrected chi connectivity index (χ1v) is 6.33. The molecule has 1 aliphatic carbocycles. The van der Waals surface area contributed by atoms with E-state index in [4.69, 9.17) is 15.2 Å². The van der Waals surface area contributed by atoms with Gasteiger partial charge in [-0.3, -0.25) is 10.1 Å². The maximum absolute atomic E-state index is 11.5. The zero-order valence-corrected chi connectivity index (χ0v) is 10.4. The van der Waals surface area contributed by atoms with Gasteiger partial charge < -0.3 is 15.2 Å². The molecule has 1 heterocycles. The molecule has 0 radical (unpaired) electrons. The van der Waals surface area contributed by atoms with Crippen molar-refractivity contribution in [1.82, 2.24) is 5.32 Å². The zero-order valence-electron chi connectivity index (χ0n) is 10.4. The average Bonchev–Trinajstić information content (AvgIpc) is 2.93. The number of primary amides is 1. The minimum absolute atomic E-state index is 0.341. The predicted octanol–water partition coefficient (Wildman–Crippen LogP) is 0.0355. The fraction of sp³-hybridized carbons (Fsp3) is 0.917. The van der Waals surface area contributed by atoms with Gasteiger partial charge in [0, 0.05) is 18.6 Å². The molecule has 1 saturated heterocycles. The van der Waals surface area contributed by atoms with Crippen LogP contribution in [0.15, 0.2) is 0 Å². The van der Waals surface area contributed by atoms with Crippen LogP contribution in [0, 0.1) is 5.92 Å². The molecule has 1 saturated carbocycles. The van der Waals surface area contributed by atoms with Gasteiger partial charge in [0.15, 0.2) is 0 Å². The summed E-state index contributed by atoms with van der Waals surface area (Å²) in [7, 11) is 0. The van der Waals surface area contributed by atoms with Crippen LogP contribution in [0.3, 0.4) is 0 Å². The van der Waals surface area contributed by atoms with Crippen molar-refractivity contribution < 1.29 is 14.3 Å². The largest absolute Gasteiger partial charge is 0.381 e. The Bertz CT molecular complexity index is 275. The highest BCUT2D eigenvalue weighted by Gasteiger charge is 2.37. The highest BCUT2D eigenvalue weighted by molar-refractivity contribution is 5.84. The smallest absolute Gasteiger partial charge is 0.239 e. The molecule has 5 nitrogen and oxygen atoms in total. The van der Waals surface area contributed by atoms with Gasteiger partial charge in [-0.25, -0.2) is 0 Å². The molecule has 0 aromatic heterocycles. The monoisotopic (exact) mass is 242 g/mol. The van der Waals surface area contributed by atoms with Crippen molar-refractivity contribution >= 4 is 5.91 Å². The highest BCUT2D eigenvalue weighted by Crippen LogP contribution is 2.23. The molecular formula is C12H22N2O3. The second-order valence-electron chi connectivity index (χ2n) is 5.36. The van der Waals surface area contributed by atoms with E-state index >= 15 is 0 Å². The number of nitrogens with one attached hydrogen (secondary N) is 1. The average molecular weight is 242 g/mol. The second-order valence-corrected chi connectivity index (χ2v) is 5.36. The number of carbonyl (C=O) groups excluding carboxylic acids is 1. The lowest BCUT2D eigenvalue weighted by molar-refractivity contribution is -0.126. The Balaban J connectivity index is 1.73. The molecule has 5 heteroatoms. The van der Waals surface area contributed by atoms with E-state index in [1.807, 2.05) is 6.92 Å². The van der Waals surface area contributed by atoms with Gasteiger partial charge in [0.2, 0.25) is 5.91 Å². The Kier molecular flexibility index (Phi) is 4.01. The van der Waals surface area contributed by atoms with Crippen LogP contribution >= 0.6 is 0 Å². The maximum atomic E-state index is 11.5. The minimum atomic E-state index is -0.735. The Morgan fingerprint density at radius 1 is 1.53 bits per heavy atom. The summed E-state index contributed by atoms with van der Waals surface area (Å²) in [6.45, 7) is 4.40. The van der Waals surface area contributed by atoms with E-state index in [0.29, 0.717) is 25.2 Å². The third-order valence-electron chi connectivity index (χ3n) is 3.41. The van der Waals surface area contributed by atoms with Gasteiger partial charge in [0.05, 0.1) is 19.8 Å². The van der Waals surface area contributed by atoms with Crippen molar-refractivity contribution in [2.24, 2.45) is 11.7 Å². The van der Waals surface area contributed by atoms with E-state index in [-0.39, 0.29) is 5.91 Å². The van der Waals surface area contributed by atoms with Crippen molar-refractivity contribution in [2.45, 2.75) is 37.8 Å². The van der Waals surface area contributed by atoms with Gasteiger partial charge in [0.1, 0.15) is 5.54 Å². The Labute approximate surface area is 102 Å². The molecular weight excluding hydrogens is 220 g/mol. The van der Waals surface area contributed by atoms with E-state index in [1.165, 1.54) is 0 Å². The lowest BCUT2D eigenvalue weighted by atomic mass is 10.0. The van der Waals surface area contributed by atoms with Crippen molar-refractivity contribution in [3.05, 3.63) is 0 Å². The van der Waals surface area contributed by atoms with Gasteiger partial charge >= 0.3 is 0 Å². The molecule has 0 aromatic rings. The van der Waals surface area contributed by atoms with Crippen LogP contribution < -0.4 is 11.1 Å². The first-order valence-electron chi connectivity index (χ1n) is 6.33. The Hall–Kier alpha value is -0.650. The molecule has 98 valence electrons. The van der Waals surface area contributed by atoms with Gasteiger partial charge in [0.25, 0.3) is 0 Å². The number of hydrogen-bond donors (Lipinski definition) is 2. The number of carbonyl (C=O) groups is 1. The third-order valence-corrected chi connectivity index (χ3v) is 3.41. The molecule has 0 spiro atoms. The molecule has 1 aliphatic heterocycles. The molecule has 0 aromatic carbocycles. The van der Waals surface area contributed by atoms with Crippen LogP contribution in [-0.4, -0.2) is 43.9 Å². The molecule has 2 unspecified atom stereocenters. The summed E-state index contributed by atoms with van der Waals surface area (Å²) < 4.78 is 10.9. The SMILES string of the molecule is CC(COCC1CCOC1)(NC1CC1)C(N)=O. The van der Waals surface area contributed by atoms with Crippen molar-refractivity contribution in [3.8, 4) is 0 Å². The minimum Gasteiger partial charge on any atom is -0.381 e. The second kappa shape index (κ2) is 5.33. The Morgan fingerprint density at radius 2 is 2.29 bits per heavy atom. The fourth-order valence-corrected chi connectivity index (χ4v) is 2.01. The number of rotatable bonds is 7. The van der Waals surface area contributed by atoms with E-state index in [9.17, 15) is 4.79 Å². The van der Waals surface area contributed by atoms with Gasteiger partial charge in [-0.15, -0.1) is 0 Å². The first-order chi connectivity index (χ1) is 8.10. The number of ether oxygens (including phenoxy) is 2. The van der Waals surface area contributed by atoms with Crippen LogP contribution in [-0.2, 0) is 14.3 Å². The Morgan fingerprint density at radius 3 is 2.82 bits per heavy atom. The fourth-order valence-electron chi connectivity index (χ4n) is 2.01. The van der Waals surface area contributed by atoms with Gasteiger partial charge in [-0.2, -0.15) is 0 Å². The van der Waals surface area contributed by atoms with E-state index in [0.717, 1.165) is 32.5 Å². The first kappa shape index (κ1) is 12.8. The van der Waals surface area contributed by atoms with Crippen molar-refractivity contribution in [3.63, 3.8) is 0 Å². The van der Waals surface area contributed by atoms with Crippen molar-refractivity contribution in [1.29, 1.82) is 0 Å². The van der Waals surface area contributed by atoms with E-state index in [1.54, 1.807) is 0 Å². The van der Waals surface area contributed by atoms with Crippen LogP contribution in [0.5, 0.6) is 0 Å².